The van der Waals surface area contributed by atoms with Crippen molar-refractivity contribution in [2.24, 2.45) is 0 Å². The van der Waals surface area contributed by atoms with E-state index in [2.05, 4.69) is 32.8 Å². The molecule has 72 valence electrons. The number of hydrogen-bond acceptors (Lipinski definition) is 2. The predicted octanol–water partition coefficient (Wildman–Crippen LogP) is 2.32. The van der Waals surface area contributed by atoms with Crippen molar-refractivity contribution in [3.8, 4) is 0 Å². The van der Waals surface area contributed by atoms with Gasteiger partial charge in [-0.15, -0.1) is 6.58 Å². The van der Waals surface area contributed by atoms with E-state index >= 15 is 0 Å². The zero-order valence-corrected chi connectivity index (χ0v) is 10.8. The molecule has 0 saturated heterocycles. The Morgan fingerprint density at radius 2 is 1.75 bits per heavy atom. The molecule has 0 rings (SSSR count). The fourth-order valence-corrected chi connectivity index (χ4v) is 3.84. The molecule has 0 amide bonds. The highest BCUT2D eigenvalue weighted by Gasteiger charge is 2.27. The average Bonchev–Trinajstić information content (AvgIpc) is 1.99. The highest BCUT2D eigenvalue weighted by molar-refractivity contribution is 6.78. The lowest BCUT2D eigenvalue weighted by molar-refractivity contribution is 0.319. The van der Waals surface area contributed by atoms with E-state index in [1.165, 1.54) is 0 Å². The number of hydrogen-bond donors (Lipinski definition) is 0. The van der Waals surface area contributed by atoms with Gasteiger partial charge in [-0.2, -0.15) is 0 Å². The quantitative estimate of drug-likeness (QED) is 0.640. The fourth-order valence-electron chi connectivity index (χ4n) is 0.561. The van der Waals surface area contributed by atoms with Crippen LogP contribution in [0.2, 0.25) is 26.2 Å². The van der Waals surface area contributed by atoms with Crippen molar-refractivity contribution in [3.05, 3.63) is 12.3 Å². The largest absolute Gasteiger partial charge is 0.418 e. The molecule has 0 bridgehead atoms. The van der Waals surface area contributed by atoms with Crippen LogP contribution in [-0.4, -0.2) is 30.0 Å². The maximum Gasteiger partial charge on any atom is 0.236 e. The van der Waals surface area contributed by atoms with Gasteiger partial charge in [0.05, 0.1) is 6.23 Å². The molecule has 0 spiro atoms. The third-order valence-corrected chi connectivity index (χ3v) is 5.50. The first-order valence-corrected chi connectivity index (χ1v) is 10.3. The molecule has 0 aliphatic carbocycles. The minimum atomic E-state index is -1.73. The van der Waals surface area contributed by atoms with Crippen molar-refractivity contribution in [2.45, 2.75) is 26.2 Å². The van der Waals surface area contributed by atoms with Crippen LogP contribution in [0.5, 0.6) is 0 Å². The van der Waals surface area contributed by atoms with Gasteiger partial charge in [-0.25, -0.2) is 0 Å². The summed E-state index contributed by atoms with van der Waals surface area (Å²) in [6.07, 6.45) is 0.739. The first-order valence-electron chi connectivity index (χ1n) is 4.16. The van der Waals surface area contributed by atoms with Crippen molar-refractivity contribution in [3.63, 3.8) is 0 Å². The Hall–Kier alpha value is 0.0938. The van der Waals surface area contributed by atoms with E-state index in [-0.39, 0.29) is 0 Å². The Balaban J connectivity index is 3.98. The summed E-state index contributed by atoms with van der Waals surface area (Å²) in [5.41, 5.74) is 1.92. The summed E-state index contributed by atoms with van der Waals surface area (Å²) >= 11 is 0. The van der Waals surface area contributed by atoms with E-state index in [0.717, 1.165) is 6.23 Å². The van der Waals surface area contributed by atoms with Gasteiger partial charge in [0.2, 0.25) is 8.32 Å². The summed E-state index contributed by atoms with van der Waals surface area (Å²) in [5.74, 6) is 0. The molecule has 12 heavy (non-hydrogen) atoms. The van der Waals surface area contributed by atoms with E-state index in [4.69, 9.17) is 8.85 Å². The van der Waals surface area contributed by atoms with Gasteiger partial charge < -0.3 is 8.85 Å². The molecule has 0 N–H and O–H groups in total. The van der Waals surface area contributed by atoms with Crippen LogP contribution in [0.1, 0.15) is 0 Å². The molecule has 0 aromatic heterocycles. The standard InChI is InChI=1S/C8H20O2Si2/c1-7-12(6,9-2)8-10-11(3,4)5/h7H,1,8H2,2-6H3. The van der Waals surface area contributed by atoms with Crippen LogP contribution in [-0.2, 0) is 8.85 Å². The van der Waals surface area contributed by atoms with Crippen molar-refractivity contribution >= 4 is 16.6 Å². The van der Waals surface area contributed by atoms with Crippen LogP contribution in [0.25, 0.3) is 0 Å². The molecule has 0 heterocycles. The molecule has 0 aliphatic heterocycles. The van der Waals surface area contributed by atoms with Gasteiger partial charge >= 0.3 is 0 Å². The zero-order valence-electron chi connectivity index (χ0n) is 8.81. The van der Waals surface area contributed by atoms with Crippen LogP contribution in [0.4, 0.5) is 0 Å². The van der Waals surface area contributed by atoms with E-state index in [0.29, 0.717) is 0 Å². The van der Waals surface area contributed by atoms with Gasteiger partial charge in [0.25, 0.3) is 0 Å². The lowest BCUT2D eigenvalue weighted by Crippen LogP contribution is -2.42. The van der Waals surface area contributed by atoms with Crippen molar-refractivity contribution in [1.82, 2.24) is 0 Å². The van der Waals surface area contributed by atoms with Gasteiger partial charge in [-0.1, -0.05) is 5.70 Å². The van der Waals surface area contributed by atoms with Crippen LogP contribution >= 0.6 is 0 Å². The second kappa shape index (κ2) is 4.36. The van der Waals surface area contributed by atoms with Gasteiger partial charge in [-0.05, 0) is 26.2 Å². The summed E-state index contributed by atoms with van der Waals surface area (Å²) in [4.78, 5) is 0. The molecule has 1 atom stereocenters. The summed E-state index contributed by atoms with van der Waals surface area (Å²) in [7, 11) is -1.39. The molecule has 0 aliphatic rings. The van der Waals surface area contributed by atoms with E-state index in [9.17, 15) is 0 Å². The lowest BCUT2D eigenvalue weighted by atomic mass is 11.3. The summed E-state index contributed by atoms with van der Waals surface area (Å²) < 4.78 is 11.2. The third-order valence-electron chi connectivity index (χ3n) is 1.69. The molecule has 0 aromatic rings. The molecule has 1 unspecified atom stereocenters. The van der Waals surface area contributed by atoms with Gasteiger partial charge in [0, 0.05) is 7.11 Å². The predicted molar refractivity (Wildman–Crippen MR) is 58.1 cm³/mol. The van der Waals surface area contributed by atoms with Gasteiger partial charge in [0.15, 0.2) is 8.32 Å². The minimum Gasteiger partial charge on any atom is -0.418 e. The Morgan fingerprint density at radius 1 is 1.25 bits per heavy atom. The monoisotopic (exact) mass is 204 g/mol. The zero-order chi connectivity index (χ0) is 9.83. The molecule has 4 heteroatoms. The average molecular weight is 204 g/mol. The third kappa shape index (κ3) is 4.87. The first kappa shape index (κ1) is 12.1. The molecule has 2 nitrogen and oxygen atoms in total. The maximum absolute atomic E-state index is 5.78. The molecule has 0 saturated carbocycles. The molecular weight excluding hydrogens is 184 g/mol. The van der Waals surface area contributed by atoms with E-state index in [1.807, 2.05) is 5.70 Å². The molecular formula is C8H20O2Si2. The molecule has 0 aromatic carbocycles. The summed E-state index contributed by atoms with van der Waals surface area (Å²) in [6, 6.07) is 0. The van der Waals surface area contributed by atoms with Crippen molar-refractivity contribution in [1.29, 1.82) is 0 Å². The SMILES string of the molecule is C=C[Si](C)(CO[Si](C)(C)C)OC. The van der Waals surface area contributed by atoms with Crippen LogP contribution in [0.3, 0.4) is 0 Å². The topological polar surface area (TPSA) is 18.5 Å². The second-order valence-corrected chi connectivity index (χ2v) is 12.4. The minimum absolute atomic E-state index is 0.739. The van der Waals surface area contributed by atoms with Crippen molar-refractivity contribution < 1.29 is 8.85 Å². The number of rotatable bonds is 5. The smallest absolute Gasteiger partial charge is 0.236 e. The normalized spacial score (nSPS) is 17.1. The maximum atomic E-state index is 5.78. The highest BCUT2D eigenvalue weighted by atomic mass is 28.4. The van der Waals surface area contributed by atoms with Crippen LogP contribution in [0, 0.1) is 0 Å². The fraction of sp³-hybridized carbons (Fsp3) is 0.750. The molecule has 0 radical (unpaired) electrons. The van der Waals surface area contributed by atoms with E-state index < -0.39 is 16.6 Å². The Morgan fingerprint density at radius 3 is 2.00 bits per heavy atom. The Kier molecular flexibility index (Phi) is 4.40. The highest BCUT2D eigenvalue weighted by Crippen LogP contribution is 2.10. The lowest BCUT2D eigenvalue weighted by Gasteiger charge is -2.26. The van der Waals surface area contributed by atoms with E-state index in [1.54, 1.807) is 7.11 Å². The Bertz CT molecular complexity index is 154. The second-order valence-electron chi connectivity index (χ2n) is 4.12. The van der Waals surface area contributed by atoms with Crippen LogP contribution in [0.15, 0.2) is 12.3 Å². The first-order chi connectivity index (χ1) is 5.33. The van der Waals surface area contributed by atoms with Gasteiger partial charge in [-0.3, -0.25) is 0 Å². The summed E-state index contributed by atoms with van der Waals surface area (Å²) in [5, 5.41) is 0. The van der Waals surface area contributed by atoms with Gasteiger partial charge in [0.1, 0.15) is 0 Å². The van der Waals surface area contributed by atoms with Crippen LogP contribution < -0.4 is 0 Å². The summed E-state index contributed by atoms with van der Waals surface area (Å²) in [6.45, 7) is 12.4. The Labute approximate surface area is 77.8 Å². The molecule has 0 fully saturated rings. The van der Waals surface area contributed by atoms with Crippen molar-refractivity contribution in [2.75, 3.05) is 13.3 Å².